The second kappa shape index (κ2) is 11.6. The number of hydrogen-bond acceptors (Lipinski definition) is 8. The van der Waals surface area contributed by atoms with Gasteiger partial charge in [0.05, 0.1) is 12.6 Å². The van der Waals surface area contributed by atoms with Crippen LogP contribution < -0.4 is 9.64 Å². The molecule has 232 valence electrons. The van der Waals surface area contributed by atoms with Gasteiger partial charge in [0.25, 0.3) is 5.78 Å². The number of halogens is 3. The van der Waals surface area contributed by atoms with Gasteiger partial charge in [-0.2, -0.15) is 4.98 Å². The monoisotopic (exact) mass is 600 g/mol. The molecule has 0 N–H and O–H groups in total. The Kier molecular flexibility index (Phi) is 7.97. The summed E-state index contributed by atoms with van der Waals surface area (Å²) in [5, 5.41) is 8.48. The Bertz CT molecular complexity index is 1560. The number of piperazine rings is 1. The van der Waals surface area contributed by atoms with Crippen molar-refractivity contribution < 1.29 is 22.6 Å². The van der Waals surface area contributed by atoms with Crippen LogP contribution in [0.3, 0.4) is 0 Å². The largest absolute Gasteiger partial charge is 0.573 e. The quantitative estimate of drug-likeness (QED) is 0.261. The zero-order chi connectivity index (χ0) is 30.5. The van der Waals surface area contributed by atoms with E-state index in [1.165, 1.54) is 12.1 Å². The van der Waals surface area contributed by atoms with Crippen LogP contribution in [-0.2, 0) is 11.3 Å². The molecular weight excluding hydrogens is 561 g/mol. The lowest BCUT2D eigenvalue weighted by atomic mass is 9.90. The normalized spacial score (nSPS) is 22.7. The molecule has 10 nitrogen and oxygen atoms in total. The lowest BCUT2D eigenvalue weighted by Gasteiger charge is -2.50. The van der Waals surface area contributed by atoms with E-state index in [1.54, 1.807) is 18.5 Å². The van der Waals surface area contributed by atoms with Crippen LogP contribution in [0, 0.1) is 12.8 Å². The van der Waals surface area contributed by atoms with Gasteiger partial charge in [0.15, 0.2) is 11.5 Å². The minimum atomic E-state index is -4.72. The maximum atomic E-state index is 12.8. The first-order valence-electron chi connectivity index (χ1n) is 15.1. The number of aromatic nitrogens is 6. The third-order valence-corrected chi connectivity index (χ3v) is 8.79. The van der Waals surface area contributed by atoms with Gasteiger partial charge in [-0.3, -0.25) is 4.90 Å². The first kappa shape index (κ1) is 29.6. The molecule has 0 aliphatic carbocycles. The second-order valence-electron chi connectivity index (χ2n) is 12.1. The van der Waals surface area contributed by atoms with E-state index in [0.717, 1.165) is 67.3 Å². The maximum Gasteiger partial charge on any atom is 0.573 e. The number of imidazole rings is 1. The number of rotatable bonds is 8. The summed E-state index contributed by atoms with van der Waals surface area (Å²) < 4.78 is 52.5. The van der Waals surface area contributed by atoms with Crippen molar-refractivity contribution in [2.45, 2.75) is 91.0 Å². The highest BCUT2D eigenvalue weighted by atomic mass is 19.4. The van der Waals surface area contributed by atoms with Crippen LogP contribution in [0.1, 0.15) is 64.4 Å². The zero-order valence-corrected chi connectivity index (χ0v) is 25.3. The molecule has 43 heavy (non-hydrogen) atoms. The molecule has 0 bridgehead atoms. The van der Waals surface area contributed by atoms with Crippen LogP contribution >= 0.6 is 0 Å². The van der Waals surface area contributed by atoms with Crippen LogP contribution in [-0.4, -0.2) is 78.3 Å². The van der Waals surface area contributed by atoms with E-state index in [-0.39, 0.29) is 35.9 Å². The lowest BCUT2D eigenvalue weighted by Crippen LogP contribution is -2.59. The standard InChI is InChI=1S/C30H39F3N8O2/c1-6-22-15-38(19(4)14-40(22)26(18(2)3)21-9-11-23(12-10-21)43-30(31,32)33)27-25-28(41-17-34-37-29(41)36-27)39(20(5)35-25)16-24-8-7-13-42-24/h9-12,17-19,22,24,26H,6-8,13-16H2,1-5H3/t19-,22+,24-,26-/m0/s1. The average molecular weight is 601 g/mol. The molecule has 0 spiro atoms. The molecule has 4 atom stereocenters. The van der Waals surface area contributed by atoms with Crippen molar-refractivity contribution in [1.29, 1.82) is 0 Å². The third-order valence-electron chi connectivity index (χ3n) is 8.79. The van der Waals surface area contributed by atoms with E-state index in [1.807, 2.05) is 11.3 Å². The Balaban J connectivity index is 1.33. The average Bonchev–Trinajstić information content (AvgIpc) is 3.70. The van der Waals surface area contributed by atoms with Crippen molar-refractivity contribution in [3.05, 3.63) is 42.0 Å². The number of nitrogens with zero attached hydrogens (tertiary/aromatic N) is 8. The van der Waals surface area contributed by atoms with E-state index in [0.29, 0.717) is 12.3 Å². The second-order valence-corrected chi connectivity index (χ2v) is 12.1. The van der Waals surface area contributed by atoms with Crippen molar-refractivity contribution in [3.8, 4) is 5.75 Å². The first-order valence-corrected chi connectivity index (χ1v) is 15.1. The van der Waals surface area contributed by atoms with Crippen LogP contribution in [0.2, 0.25) is 0 Å². The van der Waals surface area contributed by atoms with E-state index >= 15 is 0 Å². The summed E-state index contributed by atoms with van der Waals surface area (Å²) in [7, 11) is 0. The molecule has 0 saturated carbocycles. The van der Waals surface area contributed by atoms with Crippen molar-refractivity contribution in [2.75, 3.05) is 24.6 Å². The number of fused-ring (bicyclic) bond motifs is 3. The van der Waals surface area contributed by atoms with Gasteiger partial charge in [0.1, 0.15) is 23.4 Å². The molecule has 0 amide bonds. The van der Waals surface area contributed by atoms with Gasteiger partial charge >= 0.3 is 6.36 Å². The van der Waals surface area contributed by atoms with Gasteiger partial charge in [-0.1, -0.05) is 32.9 Å². The Morgan fingerprint density at radius 2 is 1.88 bits per heavy atom. The van der Waals surface area contributed by atoms with E-state index < -0.39 is 6.36 Å². The number of hydrogen-bond donors (Lipinski definition) is 0. The van der Waals surface area contributed by atoms with E-state index in [4.69, 9.17) is 14.7 Å². The summed E-state index contributed by atoms with van der Waals surface area (Å²) in [4.78, 5) is 14.8. The van der Waals surface area contributed by atoms with Gasteiger partial charge in [0.2, 0.25) is 0 Å². The number of aryl methyl sites for hydroxylation is 1. The van der Waals surface area contributed by atoms with Crippen LogP contribution in [0.25, 0.3) is 16.9 Å². The number of ether oxygens (including phenoxy) is 2. The summed E-state index contributed by atoms with van der Waals surface area (Å²) in [5.74, 6) is 2.24. The number of benzene rings is 1. The predicted octanol–water partition coefficient (Wildman–Crippen LogP) is 5.55. The van der Waals surface area contributed by atoms with E-state index in [9.17, 15) is 13.2 Å². The smallest absolute Gasteiger partial charge is 0.406 e. The summed E-state index contributed by atoms with van der Waals surface area (Å²) in [6, 6.07) is 6.60. The highest BCUT2D eigenvalue weighted by Crippen LogP contribution is 2.38. The zero-order valence-electron chi connectivity index (χ0n) is 25.3. The van der Waals surface area contributed by atoms with Gasteiger partial charge in [-0.05, 0) is 56.7 Å². The van der Waals surface area contributed by atoms with Crippen LogP contribution in [0.15, 0.2) is 30.6 Å². The lowest BCUT2D eigenvalue weighted by molar-refractivity contribution is -0.274. The topological polar surface area (TPSA) is 85.8 Å². The molecule has 2 fully saturated rings. The summed E-state index contributed by atoms with van der Waals surface area (Å²) in [6.07, 6.45) is 0.1000. The minimum absolute atomic E-state index is 0.0225. The molecule has 4 aromatic rings. The fraction of sp³-hybridized carbons (Fsp3) is 0.600. The van der Waals surface area contributed by atoms with Crippen molar-refractivity contribution in [3.63, 3.8) is 0 Å². The van der Waals surface area contributed by atoms with Crippen LogP contribution in [0.5, 0.6) is 5.75 Å². The molecule has 0 unspecified atom stereocenters. The molecule has 2 saturated heterocycles. The fourth-order valence-corrected chi connectivity index (χ4v) is 6.85. The Morgan fingerprint density at radius 3 is 2.53 bits per heavy atom. The number of alkyl halides is 3. The maximum absolute atomic E-state index is 12.8. The van der Waals surface area contributed by atoms with Gasteiger partial charge in [-0.15, -0.1) is 23.4 Å². The Morgan fingerprint density at radius 1 is 1.12 bits per heavy atom. The van der Waals surface area contributed by atoms with Crippen molar-refractivity contribution in [2.24, 2.45) is 5.92 Å². The molecule has 3 aromatic heterocycles. The van der Waals surface area contributed by atoms with Gasteiger partial charge in [-0.25, -0.2) is 9.38 Å². The molecule has 2 aliphatic rings. The summed E-state index contributed by atoms with van der Waals surface area (Å²) in [5.41, 5.74) is 2.71. The SMILES string of the molecule is CC[C@@H]1CN(c2nc3nncn3c3c2nc(C)n3C[C@@H]2CCCO2)[C@@H](C)CN1[C@H](c1ccc(OC(F)(F)F)cc1)C(C)C. The summed E-state index contributed by atoms with van der Waals surface area (Å²) >= 11 is 0. The first-order chi connectivity index (χ1) is 20.5. The fourth-order valence-electron chi connectivity index (χ4n) is 6.85. The number of anilines is 1. The van der Waals surface area contributed by atoms with E-state index in [2.05, 4.69) is 57.0 Å². The molecule has 6 rings (SSSR count). The van der Waals surface area contributed by atoms with Crippen molar-refractivity contribution >= 4 is 22.8 Å². The molecule has 2 aliphatic heterocycles. The molecule has 5 heterocycles. The minimum Gasteiger partial charge on any atom is -0.406 e. The molecular formula is C30H39F3N8O2. The summed E-state index contributed by atoms with van der Waals surface area (Å²) in [6.45, 7) is 13.7. The Labute approximate surface area is 248 Å². The third kappa shape index (κ3) is 5.76. The predicted molar refractivity (Wildman–Crippen MR) is 156 cm³/mol. The molecule has 13 heteroatoms. The van der Waals surface area contributed by atoms with Crippen molar-refractivity contribution in [1.82, 2.24) is 34.0 Å². The van der Waals surface area contributed by atoms with Gasteiger partial charge in [0, 0.05) is 37.8 Å². The Hall–Kier alpha value is -3.45. The van der Waals surface area contributed by atoms with Gasteiger partial charge < -0.3 is 18.9 Å². The van der Waals surface area contributed by atoms with Crippen LogP contribution in [0.4, 0.5) is 19.0 Å². The molecule has 1 aromatic carbocycles. The highest BCUT2D eigenvalue weighted by Gasteiger charge is 2.39. The highest BCUT2D eigenvalue weighted by molar-refractivity contribution is 5.87. The molecule has 0 radical (unpaired) electrons.